The number of rotatable bonds is 7. The van der Waals surface area contributed by atoms with Gasteiger partial charge in [-0.3, -0.25) is 19.3 Å². The Balaban J connectivity index is 1.73. The van der Waals surface area contributed by atoms with E-state index in [2.05, 4.69) is 5.32 Å². The summed E-state index contributed by atoms with van der Waals surface area (Å²) in [6.45, 7) is 1.90. The molecular weight excluding hydrogens is 428 g/mol. The molecule has 0 aliphatic carbocycles. The Labute approximate surface area is 183 Å². The zero-order chi connectivity index (χ0) is 21.7. The lowest BCUT2D eigenvalue weighted by Crippen LogP contribution is -2.36. The number of ether oxygens (including phenoxy) is 2. The Hall–Kier alpha value is -2.97. The zero-order valence-electron chi connectivity index (χ0n) is 16.3. The number of hydrogen-bond donors (Lipinski definition) is 1. The van der Waals surface area contributed by atoms with Gasteiger partial charge in [0.25, 0.3) is 11.1 Å². The van der Waals surface area contributed by atoms with Gasteiger partial charge in [0.1, 0.15) is 6.54 Å². The average Bonchev–Trinajstić information content (AvgIpc) is 2.97. The molecule has 2 aromatic carbocycles. The van der Waals surface area contributed by atoms with Gasteiger partial charge in [0.2, 0.25) is 5.91 Å². The second-order valence-electron chi connectivity index (χ2n) is 6.14. The van der Waals surface area contributed by atoms with E-state index in [-0.39, 0.29) is 4.91 Å². The molecule has 7 nitrogen and oxygen atoms in total. The van der Waals surface area contributed by atoms with Crippen LogP contribution in [0.5, 0.6) is 11.5 Å². The fourth-order valence-corrected chi connectivity index (χ4v) is 3.76. The molecule has 1 aliphatic rings. The van der Waals surface area contributed by atoms with Crippen LogP contribution in [0, 0.1) is 0 Å². The molecule has 0 spiro atoms. The number of carbonyl (C=O) groups excluding carboxylic acids is 3. The lowest BCUT2D eigenvalue weighted by atomic mass is 10.2. The maximum atomic E-state index is 12.7. The van der Waals surface area contributed by atoms with Crippen LogP contribution in [-0.4, -0.2) is 42.2 Å². The number of anilines is 1. The molecule has 2 aromatic rings. The van der Waals surface area contributed by atoms with Crippen LogP contribution in [0.25, 0.3) is 6.08 Å². The van der Waals surface area contributed by atoms with Crippen LogP contribution >= 0.6 is 23.4 Å². The molecule has 0 bridgehead atoms. The van der Waals surface area contributed by atoms with Crippen LogP contribution in [0.1, 0.15) is 12.5 Å². The number of benzene rings is 2. The molecule has 1 saturated heterocycles. The summed E-state index contributed by atoms with van der Waals surface area (Å²) in [5, 5.41) is 2.45. The Kier molecular flexibility index (Phi) is 7.02. The van der Waals surface area contributed by atoms with Gasteiger partial charge in [-0.2, -0.15) is 0 Å². The van der Waals surface area contributed by atoms with Crippen molar-refractivity contribution in [1.29, 1.82) is 0 Å². The fourth-order valence-electron chi connectivity index (χ4n) is 2.73. The third kappa shape index (κ3) is 4.95. The number of para-hydroxylation sites is 1. The quantitative estimate of drug-likeness (QED) is 0.633. The molecule has 1 aliphatic heterocycles. The summed E-state index contributed by atoms with van der Waals surface area (Å²) in [6.07, 6.45) is 1.58. The van der Waals surface area contributed by atoms with Gasteiger partial charge in [-0.15, -0.1) is 0 Å². The standard InChI is InChI=1S/C21H19ClN2O5S/c1-3-29-17-10-13(8-9-16(17)28-2)11-18-20(26)24(21(27)30-18)12-19(25)23-15-7-5-4-6-14(15)22/h4-11H,3,12H2,1-2H3,(H,23,25)/b18-11+. The van der Waals surface area contributed by atoms with Gasteiger partial charge in [0.15, 0.2) is 11.5 Å². The molecule has 0 radical (unpaired) electrons. The molecule has 0 atom stereocenters. The van der Waals surface area contributed by atoms with Crippen molar-refractivity contribution in [3.05, 3.63) is 58.0 Å². The van der Waals surface area contributed by atoms with Gasteiger partial charge in [0.05, 0.1) is 29.3 Å². The SMILES string of the molecule is CCOc1cc(/C=C2/SC(=O)N(CC(=O)Nc3ccccc3Cl)C2=O)ccc1OC. The highest BCUT2D eigenvalue weighted by atomic mass is 35.5. The second kappa shape index (κ2) is 9.69. The topological polar surface area (TPSA) is 84.9 Å². The van der Waals surface area contributed by atoms with Crippen molar-refractivity contribution in [2.45, 2.75) is 6.92 Å². The smallest absolute Gasteiger partial charge is 0.294 e. The van der Waals surface area contributed by atoms with Gasteiger partial charge < -0.3 is 14.8 Å². The summed E-state index contributed by atoms with van der Waals surface area (Å²) in [6, 6.07) is 11.9. The van der Waals surface area contributed by atoms with Crippen molar-refractivity contribution in [2.75, 3.05) is 25.6 Å². The highest BCUT2D eigenvalue weighted by molar-refractivity contribution is 8.18. The molecule has 1 fully saturated rings. The molecule has 1 heterocycles. The van der Waals surface area contributed by atoms with Crippen LogP contribution < -0.4 is 14.8 Å². The molecular formula is C21H19ClN2O5S. The van der Waals surface area contributed by atoms with E-state index in [0.29, 0.717) is 34.4 Å². The first kappa shape index (κ1) is 21.7. The molecule has 3 rings (SSSR count). The lowest BCUT2D eigenvalue weighted by Gasteiger charge is -2.13. The van der Waals surface area contributed by atoms with Crippen LogP contribution in [0.15, 0.2) is 47.4 Å². The van der Waals surface area contributed by atoms with Crippen molar-refractivity contribution in [2.24, 2.45) is 0 Å². The number of carbonyl (C=O) groups is 3. The van der Waals surface area contributed by atoms with Gasteiger partial charge in [-0.1, -0.05) is 29.8 Å². The Morgan fingerprint density at radius 3 is 2.67 bits per heavy atom. The van der Waals surface area contributed by atoms with E-state index in [0.717, 1.165) is 16.7 Å². The third-order valence-corrected chi connectivity index (χ3v) is 5.35. The number of thioether (sulfide) groups is 1. The summed E-state index contributed by atoms with van der Waals surface area (Å²) in [5.74, 6) is 0.0493. The molecule has 30 heavy (non-hydrogen) atoms. The first-order chi connectivity index (χ1) is 14.4. The summed E-state index contributed by atoms with van der Waals surface area (Å²) >= 11 is 6.80. The number of imide groups is 1. The third-order valence-electron chi connectivity index (χ3n) is 4.11. The number of hydrogen-bond acceptors (Lipinski definition) is 6. The molecule has 0 unspecified atom stereocenters. The minimum Gasteiger partial charge on any atom is -0.493 e. The number of nitrogens with zero attached hydrogens (tertiary/aromatic N) is 1. The Morgan fingerprint density at radius 2 is 1.97 bits per heavy atom. The van der Waals surface area contributed by atoms with E-state index >= 15 is 0 Å². The summed E-state index contributed by atoms with van der Waals surface area (Å²) in [5.41, 5.74) is 1.08. The minimum absolute atomic E-state index is 0.221. The predicted molar refractivity (Wildman–Crippen MR) is 117 cm³/mol. The minimum atomic E-state index is -0.534. The highest BCUT2D eigenvalue weighted by Crippen LogP contribution is 2.34. The molecule has 9 heteroatoms. The van der Waals surface area contributed by atoms with Gasteiger partial charge in [0, 0.05) is 0 Å². The molecule has 0 saturated carbocycles. The number of amides is 3. The van der Waals surface area contributed by atoms with Crippen molar-refractivity contribution < 1.29 is 23.9 Å². The van der Waals surface area contributed by atoms with Gasteiger partial charge in [-0.05, 0) is 54.6 Å². The summed E-state index contributed by atoms with van der Waals surface area (Å²) in [7, 11) is 1.54. The van der Waals surface area contributed by atoms with Crippen molar-refractivity contribution in [1.82, 2.24) is 4.90 Å². The van der Waals surface area contributed by atoms with Crippen LogP contribution in [-0.2, 0) is 9.59 Å². The van der Waals surface area contributed by atoms with E-state index in [1.165, 1.54) is 7.11 Å². The average molecular weight is 447 g/mol. The van der Waals surface area contributed by atoms with Crippen LogP contribution in [0.2, 0.25) is 5.02 Å². The highest BCUT2D eigenvalue weighted by Gasteiger charge is 2.36. The van der Waals surface area contributed by atoms with Crippen LogP contribution in [0.4, 0.5) is 10.5 Å². The zero-order valence-corrected chi connectivity index (χ0v) is 17.9. The van der Waals surface area contributed by atoms with Gasteiger partial charge >= 0.3 is 0 Å². The second-order valence-corrected chi connectivity index (χ2v) is 7.54. The maximum absolute atomic E-state index is 12.7. The number of halogens is 1. The monoisotopic (exact) mass is 446 g/mol. The molecule has 3 amide bonds. The number of nitrogens with one attached hydrogen (secondary N) is 1. The predicted octanol–water partition coefficient (Wildman–Crippen LogP) is 4.42. The van der Waals surface area contributed by atoms with Gasteiger partial charge in [-0.25, -0.2) is 0 Å². The first-order valence-electron chi connectivity index (χ1n) is 9.03. The number of methoxy groups -OCH3 is 1. The largest absolute Gasteiger partial charge is 0.493 e. The fraction of sp³-hybridized carbons (Fsp3) is 0.190. The van der Waals surface area contributed by atoms with E-state index in [1.807, 2.05) is 6.92 Å². The molecule has 0 aromatic heterocycles. The Bertz CT molecular complexity index is 1020. The van der Waals surface area contributed by atoms with E-state index in [1.54, 1.807) is 48.5 Å². The van der Waals surface area contributed by atoms with E-state index < -0.39 is 23.6 Å². The summed E-state index contributed by atoms with van der Waals surface area (Å²) < 4.78 is 10.8. The Morgan fingerprint density at radius 1 is 1.20 bits per heavy atom. The summed E-state index contributed by atoms with van der Waals surface area (Å²) in [4.78, 5) is 38.4. The lowest BCUT2D eigenvalue weighted by molar-refractivity contribution is -0.127. The van der Waals surface area contributed by atoms with Crippen molar-refractivity contribution >= 4 is 52.2 Å². The van der Waals surface area contributed by atoms with Crippen LogP contribution in [0.3, 0.4) is 0 Å². The molecule has 156 valence electrons. The van der Waals surface area contributed by atoms with E-state index in [9.17, 15) is 14.4 Å². The maximum Gasteiger partial charge on any atom is 0.294 e. The van der Waals surface area contributed by atoms with E-state index in [4.69, 9.17) is 21.1 Å². The van der Waals surface area contributed by atoms with Crippen molar-refractivity contribution in [3.63, 3.8) is 0 Å². The first-order valence-corrected chi connectivity index (χ1v) is 10.2. The normalized spacial score (nSPS) is 14.9. The molecule has 1 N–H and O–H groups in total. The van der Waals surface area contributed by atoms with Crippen molar-refractivity contribution in [3.8, 4) is 11.5 Å².